The molecule has 0 bridgehead atoms. The number of rotatable bonds is 7. The van der Waals surface area contributed by atoms with Crippen LogP contribution in [0.25, 0.3) is 0 Å². The normalized spacial score (nSPS) is 19.5. The number of primary amides is 1. The summed E-state index contributed by atoms with van der Waals surface area (Å²) in [7, 11) is 0. The van der Waals surface area contributed by atoms with Crippen molar-refractivity contribution in [2.24, 2.45) is 11.7 Å². The fourth-order valence-electron chi connectivity index (χ4n) is 5.65. The minimum atomic E-state index is -0.664. The monoisotopic (exact) mass is 546 g/mol. The third-order valence-corrected chi connectivity index (χ3v) is 8.24. The van der Waals surface area contributed by atoms with Crippen LogP contribution in [0, 0.1) is 5.92 Å². The van der Waals surface area contributed by atoms with Gasteiger partial charge in [-0.2, -0.15) is 0 Å². The molecule has 3 amide bonds. The number of fused-ring (bicyclic) bond motifs is 1. The zero-order chi connectivity index (χ0) is 27.8. The van der Waals surface area contributed by atoms with Gasteiger partial charge in [0, 0.05) is 61.7 Å². The Kier molecular flexibility index (Phi) is 7.18. The maximum Gasteiger partial charge on any atom is 0.254 e. The number of ether oxygens (including phenoxy) is 2. The molecule has 0 atom stereocenters. The lowest BCUT2D eigenvalue weighted by atomic mass is 10.0. The van der Waals surface area contributed by atoms with Crippen LogP contribution in [-0.4, -0.2) is 70.5 Å². The average molecular weight is 547 g/mol. The number of amides is 3. The van der Waals surface area contributed by atoms with E-state index in [4.69, 9.17) is 20.2 Å². The second-order valence-electron chi connectivity index (χ2n) is 11.2. The zero-order valence-electron chi connectivity index (χ0n) is 22.4. The van der Waals surface area contributed by atoms with Gasteiger partial charge in [0.25, 0.3) is 11.8 Å². The summed E-state index contributed by atoms with van der Waals surface area (Å²) in [6.07, 6.45) is 4.30. The number of hydrogen-bond donors (Lipinski definition) is 2. The Morgan fingerprint density at radius 1 is 0.950 bits per heavy atom. The molecule has 2 aromatic rings. The van der Waals surface area contributed by atoms with Crippen molar-refractivity contribution in [3.05, 3.63) is 69.6 Å². The molecule has 3 aliphatic heterocycles. The molecular formula is C30H34N4O6. The molecule has 1 aromatic heterocycles. The van der Waals surface area contributed by atoms with Gasteiger partial charge in [-0.1, -0.05) is 6.07 Å². The van der Waals surface area contributed by atoms with Gasteiger partial charge in [-0.05, 0) is 67.3 Å². The molecule has 0 radical (unpaired) electrons. The largest absolute Gasteiger partial charge is 0.510 e. The lowest BCUT2D eigenvalue weighted by molar-refractivity contribution is -0.115. The van der Waals surface area contributed by atoms with Gasteiger partial charge in [0.15, 0.2) is 0 Å². The van der Waals surface area contributed by atoms with Gasteiger partial charge in [-0.25, -0.2) is 4.98 Å². The van der Waals surface area contributed by atoms with Gasteiger partial charge < -0.3 is 30.1 Å². The molecule has 0 unspecified atom stereocenters. The molecule has 40 heavy (non-hydrogen) atoms. The number of benzene rings is 1. The molecule has 10 nitrogen and oxygen atoms in total. The number of aliphatic hydroxyl groups is 1. The van der Waals surface area contributed by atoms with Crippen molar-refractivity contribution >= 4 is 17.7 Å². The molecule has 1 saturated carbocycles. The van der Waals surface area contributed by atoms with Gasteiger partial charge in [-0.3, -0.25) is 14.4 Å². The summed E-state index contributed by atoms with van der Waals surface area (Å²) >= 11 is 0. The number of pyridine rings is 1. The van der Waals surface area contributed by atoms with Crippen molar-refractivity contribution in [3.63, 3.8) is 0 Å². The van der Waals surface area contributed by atoms with E-state index in [9.17, 15) is 19.5 Å². The smallest absolute Gasteiger partial charge is 0.254 e. The fourth-order valence-corrected chi connectivity index (χ4v) is 5.65. The molecule has 6 rings (SSSR count). The summed E-state index contributed by atoms with van der Waals surface area (Å²) in [6.45, 7) is 3.17. The number of aliphatic hydroxyl groups excluding tert-OH is 1. The molecule has 4 heterocycles. The van der Waals surface area contributed by atoms with Crippen molar-refractivity contribution in [1.82, 2.24) is 14.8 Å². The number of carbonyl (C=O) groups is 3. The molecule has 1 saturated heterocycles. The van der Waals surface area contributed by atoms with Crippen molar-refractivity contribution in [2.75, 3.05) is 32.9 Å². The first-order chi connectivity index (χ1) is 19.4. The summed E-state index contributed by atoms with van der Waals surface area (Å²) in [6, 6.07) is 9.10. The molecule has 4 aliphatic rings. The van der Waals surface area contributed by atoms with Crippen LogP contribution in [0.5, 0.6) is 5.88 Å². The zero-order valence-corrected chi connectivity index (χ0v) is 22.4. The Balaban J connectivity index is 1.14. The highest BCUT2D eigenvalue weighted by atomic mass is 16.5. The molecule has 0 spiro atoms. The first-order valence-corrected chi connectivity index (χ1v) is 14.0. The minimum Gasteiger partial charge on any atom is -0.510 e. The molecule has 1 aliphatic carbocycles. The highest BCUT2D eigenvalue weighted by Crippen LogP contribution is 2.40. The lowest BCUT2D eigenvalue weighted by Gasteiger charge is -2.27. The van der Waals surface area contributed by atoms with Crippen LogP contribution < -0.4 is 10.5 Å². The minimum absolute atomic E-state index is 0.0525. The SMILES string of the molecule is NC(=O)C1=C(O)CN(C(=O)c2ccc3c(c2)CN(C(=O)c2cc(OCC4CCOCC4)nc(C4CC4)c2)C3)CC1. The summed E-state index contributed by atoms with van der Waals surface area (Å²) in [5, 5.41) is 10.2. The van der Waals surface area contributed by atoms with E-state index in [2.05, 4.69) is 0 Å². The van der Waals surface area contributed by atoms with Gasteiger partial charge in [0.1, 0.15) is 5.76 Å². The first kappa shape index (κ1) is 26.3. The Morgan fingerprint density at radius 3 is 2.42 bits per heavy atom. The van der Waals surface area contributed by atoms with Crippen LogP contribution in [0.15, 0.2) is 41.7 Å². The molecule has 1 aromatic carbocycles. The highest BCUT2D eigenvalue weighted by molar-refractivity contribution is 5.97. The Hall–Kier alpha value is -3.92. The number of nitrogens with zero attached hydrogens (tertiary/aromatic N) is 3. The van der Waals surface area contributed by atoms with Gasteiger partial charge >= 0.3 is 0 Å². The van der Waals surface area contributed by atoms with Gasteiger partial charge in [0.2, 0.25) is 11.8 Å². The van der Waals surface area contributed by atoms with Gasteiger partial charge in [-0.15, -0.1) is 0 Å². The van der Waals surface area contributed by atoms with Crippen LogP contribution in [0.1, 0.15) is 75.6 Å². The first-order valence-electron chi connectivity index (χ1n) is 14.0. The standard InChI is InChI=1S/C30H34N4O6/c31-28(36)24-5-8-33(16-26(24)35)29(37)20-3-4-21-14-34(15-23(21)11-20)30(38)22-12-25(19-1-2-19)32-27(13-22)40-17-18-6-9-39-10-7-18/h3-4,11-13,18-19,35H,1-2,5-10,14-17H2,(H2,31,36). The topological polar surface area (TPSA) is 135 Å². The van der Waals surface area contributed by atoms with Crippen LogP contribution in [-0.2, 0) is 22.6 Å². The average Bonchev–Trinajstić information content (AvgIpc) is 3.74. The maximum absolute atomic E-state index is 13.6. The van der Waals surface area contributed by atoms with Crippen LogP contribution in [0.3, 0.4) is 0 Å². The van der Waals surface area contributed by atoms with Crippen molar-refractivity contribution in [2.45, 2.75) is 51.1 Å². The number of nitrogens with two attached hydrogens (primary N) is 1. The van der Waals surface area contributed by atoms with Crippen molar-refractivity contribution in [3.8, 4) is 5.88 Å². The van der Waals surface area contributed by atoms with Gasteiger partial charge in [0.05, 0.1) is 18.7 Å². The van der Waals surface area contributed by atoms with Crippen LogP contribution in [0.2, 0.25) is 0 Å². The van der Waals surface area contributed by atoms with Crippen LogP contribution in [0.4, 0.5) is 0 Å². The highest BCUT2D eigenvalue weighted by Gasteiger charge is 2.31. The number of carbonyl (C=O) groups excluding carboxylic acids is 3. The molecular weight excluding hydrogens is 512 g/mol. The van der Waals surface area contributed by atoms with E-state index in [1.54, 1.807) is 17.0 Å². The van der Waals surface area contributed by atoms with Crippen molar-refractivity contribution in [1.29, 1.82) is 0 Å². The molecule has 210 valence electrons. The number of aromatic nitrogens is 1. The van der Waals surface area contributed by atoms with E-state index < -0.39 is 5.91 Å². The second kappa shape index (κ2) is 10.9. The van der Waals surface area contributed by atoms with Crippen LogP contribution >= 0.6 is 0 Å². The second-order valence-corrected chi connectivity index (χ2v) is 11.2. The van der Waals surface area contributed by atoms with E-state index in [1.807, 2.05) is 18.2 Å². The molecule has 3 N–H and O–H groups in total. The van der Waals surface area contributed by atoms with E-state index >= 15 is 0 Å². The summed E-state index contributed by atoms with van der Waals surface area (Å²) in [4.78, 5) is 46.2. The number of hydrogen-bond acceptors (Lipinski definition) is 7. The third kappa shape index (κ3) is 5.54. The lowest BCUT2D eigenvalue weighted by Crippen LogP contribution is -2.39. The van der Waals surface area contributed by atoms with E-state index in [1.165, 1.54) is 4.90 Å². The Labute approximate surface area is 232 Å². The Bertz CT molecular complexity index is 1380. The van der Waals surface area contributed by atoms with Crippen molar-refractivity contribution < 1.29 is 29.0 Å². The Morgan fingerprint density at radius 2 is 1.70 bits per heavy atom. The van der Waals surface area contributed by atoms with E-state index in [-0.39, 0.29) is 36.1 Å². The summed E-state index contributed by atoms with van der Waals surface area (Å²) < 4.78 is 11.5. The predicted octanol–water partition coefficient (Wildman–Crippen LogP) is 3.06. The molecule has 10 heteroatoms. The summed E-state index contributed by atoms with van der Waals surface area (Å²) in [5.41, 5.74) is 9.35. The summed E-state index contributed by atoms with van der Waals surface area (Å²) in [5.74, 6) is 0.158. The van der Waals surface area contributed by atoms with E-state index in [0.717, 1.165) is 55.7 Å². The van der Waals surface area contributed by atoms with E-state index in [0.29, 0.717) is 55.1 Å². The predicted molar refractivity (Wildman–Crippen MR) is 145 cm³/mol. The maximum atomic E-state index is 13.6. The quantitative estimate of drug-likeness (QED) is 0.545. The molecule has 2 fully saturated rings. The third-order valence-electron chi connectivity index (χ3n) is 8.24. The fraction of sp³-hybridized carbons (Fsp3) is 0.467.